The molecule has 0 aromatic heterocycles. The Morgan fingerprint density at radius 2 is 1.76 bits per heavy atom. The van der Waals surface area contributed by atoms with Crippen molar-refractivity contribution in [2.75, 3.05) is 57.3 Å². The first kappa shape index (κ1) is 22.0. The molecular weight excluding hydrogens is 359 g/mol. The minimum Gasteiger partial charge on any atom is -0.369 e. The van der Waals surface area contributed by atoms with Crippen LogP contribution in [0.15, 0.2) is 30.3 Å². The molecule has 142 valence electrons. The second-order valence-electron chi connectivity index (χ2n) is 6.55. The summed E-state index contributed by atoms with van der Waals surface area (Å²) < 4.78 is 0. The first-order valence-corrected chi connectivity index (χ1v) is 8.76. The van der Waals surface area contributed by atoms with Crippen LogP contribution < -0.4 is 10.2 Å². The Morgan fingerprint density at radius 3 is 2.40 bits per heavy atom. The molecule has 3 rings (SSSR count). The van der Waals surface area contributed by atoms with E-state index in [9.17, 15) is 4.79 Å². The van der Waals surface area contributed by atoms with Crippen molar-refractivity contribution in [1.82, 2.24) is 15.1 Å². The predicted octanol–water partition coefficient (Wildman–Crippen LogP) is 1.86. The molecule has 0 saturated carbocycles. The van der Waals surface area contributed by atoms with Crippen LogP contribution in [0.4, 0.5) is 5.69 Å². The Hall–Kier alpha value is -1.01. The van der Waals surface area contributed by atoms with Crippen molar-refractivity contribution >= 4 is 36.4 Å². The summed E-state index contributed by atoms with van der Waals surface area (Å²) in [4.78, 5) is 19.3. The van der Waals surface area contributed by atoms with Gasteiger partial charge in [-0.3, -0.25) is 9.69 Å². The summed E-state index contributed by atoms with van der Waals surface area (Å²) >= 11 is 0. The molecule has 2 heterocycles. The van der Waals surface area contributed by atoms with Crippen molar-refractivity contribution < 1.29 is 4.79 Å². The Bertz CT molecular complexity index is 509. The van der Waals surface area contributed by atoms with Gasteiger partial charge in [-0.2, -0.15) is 0 Å². The molecular formula is C18H30Cl2N4O. The van der Waals surface area contributed by atoms with Crippen LogP contribution in [0.3, 0.4) is 0 Å². The quantitative estimate of drug-likeness (QED) is 0.854. The van der Waals surface area contributed by atoms with E-state index in [0.29, 0.717) is 18.4 Å². The van der Waals surface area contributed by atoms with E-state index < -0.39 is 0 Å². The van der Waals surface area contributed by atoms with Crippen molar-refractivity contribution in [3.8, 4) is 0 Å². The molecule has 1 atom stereocenters. The molecule has 25 heavy (non-hydrogen) atoms. The highest BCUT2D eigenvalue weighted by Gasteiger charge is 2.24. The number of nitrogens with one attached hydrogen (secondary N) is 1. The van der Waals surface area contributed by atoms with Crippen molar-refractivity contribution in [2.24, 2.45) is 0 Å². The standard InChI is InChI=1S/C18H28N4O.2ClH/c1-16-15-19-8-10-22(16)18(23)7-9-20-11-13-21(14-12-20)17-5-3-2-4-6-17;;/h2-6,16,19H,7-15H2,1H3;2*1H/t16-;;/m1../s1. The van der Waals surface area contributed by atoms with E-state index >= 15 is 0 Å². The third-order valence-corrected chi connectivity index (χ3v) is 4.96. The van der Waals surface area contributed by atoms with Crippen LogP contribution in [-0.2, 0) is 4.79 Å². The van der Waals surface area contributed by atoms with Crippen molar-refractivity contribution in [2.45, 2.75) is 19.4 Å². The Labute approximate surface area is 163 Å². The van der Waals surface area contributed by atoms with E-state index in [4.69, 9.17) is 0 Å². The summed E-state index contributed by atoms with van der Waals surface area (Å²) in [6.45, 7) is 9.87. The van der Waals surface area contributed by atoms with Gasteiger partial charge in [0.1, 0.15) is 0 Å². The maximum absolute atomic E-state index is 12.4. The van der Waals surface area contributed by atoms with Gasteiger partial charge in [-0.05, 0) is 19.1 Å². The molecule has 2 saturated heterocycles. The number of para-hydroxylation sites is 1. The molecule has 0 unspecified atom stereocenters. The van der Waals surface area contributed by atoms with E-state index in [0.717, 1.165) is 52.4 Å². The van der Waals surface area contributed by atoms with Crippen LogP contribution in [-0.4, -0.2) is 74.1 Å². The third kappa shape index (κ3) is 6.03. The highest BCUT2D eigenvalue weighted by molar-refractivity contribution is 5.85. The molecule has 0 bridgehead atoms. The highest BCUT2D eigenvalue weighted by Crippen LogP contribution is 2.15. The lowest BCUT2D eigenvalue weighted by Gasteiger charge is -2.37. The summed E-state index contributed by atoms with van der Waals surface area (Å²) in [7, 11) is 0. The lowest BCUT2D eigenvalue weighted by molar-refractivity contribution is -0.134. The highest BCUT2D eigenvalue weighted by atomic mass is 35.5. The molecule has 0 spiro atoms. The number of benzene rings is 1. The summed E-state index contributed by atoms with van der Waals surface area (Å²) in [6.07, 6.45) is 0.648. The molecule has 5 nitrogen and oxygen atoms in total. The van der Waals surface area contributed by atoms with Crippen LogP contribution >= 0.6 is 24.8 Å². The molecule has 1 aromatic carbocycles. The molecule has 0 radical (unpaired) electrons. The van der Waals surface area contributed by atoms with Gasteiger partial charge in [-0.1, -0.05) is 18.2 Å². The number of rotatable bonds is 4. The second kappa shape index (κ2) is 10.9. The molecule has 2 aliphatic heterocycles. The minimum absolute atomic E-state index is 0. The smallest absolute Gasteiger partial charge is 0.224 e. The number of hydrogen-bond donors (Lipinski definition) is 1. The Balaban J connectivity index is 0.00000156. The number of halogens is 2. The van der Waals surface area contributed by atoms with Crippen molar-refractivity contribution in [3.05, 3.63) is 30.3 Å². The maximum atomic E-state index is 12.4. The lowest BCUT2D eigenvalue weighted by atomic mass is 10.2. The molecule has 1 amide bonds. The average Bonchev–Trinajstić information content (AvgIpc) is 2.61. The Kier molecular flexibility index (Phi) is 9.57. The molecule has 2 aliphatic rings. The zero-order valence-corrected chi connectivity index (χ0v) is 16.5. The fraction of sp³-hybridized carbons (Fsp3) is 0.611. The first-order valence-electron chi connectivity index (χ1n) is 8.76. The van der Waals surface area contributed by atoms with Gasteiger partial charge in [0, 0.05) is 70.5 Å². The van der Waals surface area contributed by atoms with Gasteiger partial charge in [0.25, 0.3) is 0 Å². The van der Waals surface area contributed by atoms with Gasteiger partial charge in [0.2, 0.25) is 5.91 Å². The van der Waals surface area contributed by atoms with Gasteiger partial charge < -0.3 is 15.1 Å². The number of carbonyl (C=O) groups excluding carboxylic acids is 1. The molecule has 0 aliphatic carbocycles. The van der Waals surface area contributed by atoms with E-state index in [2.05, 4.69) is 52.4 Å². The summed E-state index contributed by atoms with van der Waals surface area (Å²) in [5, 5.41) is 3.34. The van der Waals surface area contributed by atoms with E-state index in [1.807, 2.05) is 4.90 Å². The monoisotopic (exact) mass is 388 g/mol. The van der Waals surface area contributed by atoms with E-state index in [1.165, 1.54) is 5.69 Å². The third-order valence-electron chi connectivity index (χ3n) is 4.96. The van der Waals surface area contributed by atoms with Crippen LogP contribution in [0.2, 0.25) is 0 Å². The van der Waals surface area contributed by atoms with Crippen molar-refractivity contribution in [1.29, 1.82) is 0 Å². The number of hydrogen-bond acceptors (Lipinski definition) is 4. The Morgan fingerprint density at radius 1 is 1.08 bits per heavy atom. The van der Waals surface area contributed by atoms with Gasteiger partial charge in [0.15, 0.2) is 0 Å². The topological polar surface area (TPSA) is 38.8 Å². The lowest BCUT2D eigenvalue weighted by Crippen LogP contribution is -2.53. The van der Waals surface area contributed by atoms with Crippen molar-refractivity contribution in [3.63, 3.8) is 0 Å². The normalized spacial score (nSPS) is 21.2. The molecule has 7 heteroatoms. The zero-order valence-electron chi connectivity index (χ0n) is 14.9. The van der Waals surface area contributed by atoms with Gasteiger partial charge in [-0.15, -0.1) is 24.8 Å². The largest absolute Gasteiger partial charge is 0.369 e. The molecule has 1 N–H and O–H groups in total. The number of amides is 1. The maximum Gasteiger partial charge on any atom is 0.224 e. The SMILES string of the molecule is C[C@@H]1CNCCN1C(=O)CCN1CCN(c2ccccc2)CC1.Cl.Cl. The molecule has 1 aromatic rings. The van der Waals surface area contributed by atoms with E-state index in [-0.39, 0.29) is 24.8 Å². The van der Waals surface area contributed by atoms with Crippen LogP contribution in [0, 0.1) is 0 Å². The van der Waals surface area contributed by atoms with Crippen LogP contribution in [0.25, 0.3) is 0 Å². The second-order valence-corrected chi connectivity index (χ2v) is 6.55. The summed E-state index contributed by atoms with van der Waals surface area (Å²) in [5.74, 6) is 0.310. The minimum atomic E-state index is 0. The predicted molar refractivity (Wildman–Crippen MR) is 108 cm³/mol. The summed E-state index contributed by atoms with van der Waals surface area (Å²) in [6, 6.07) is 10.9. The van der Waals surface area contributed by atoms with Gasteiger partial charge in [0.05, 0.1) is 0 Å². The number of nitrogens with zero attached hydrogens (tertiary/aromatic N) is 3. The van der Waals surface area contributed by atoms with Crippen LogP contribution in [0.5, 0.6) is 0 Å². The fourth-order valence-corrected chi connectivity index (χ4v) is 3.48. The first-order chi connectivity index (χ1) is 11.2. The fourth-order valence-electron chi connectivity index (χ4n) is 3.48. The number of piperazine rings is 2. The summed E-state index contributed by atoms with van der Waals surface area (Å²) in [5.41, 5.74) is 1.30. The zero-order chi connectivity index (χ0) is 16.1. The average molecular weight is 389 g/mol. The number of carbonyl (C=O) groups is 1. The van der Waals surface area contributed by atoms with Gasteiger partial charge >= 0.3 is 0 Å². The van der Waals surface area contributed by atoms with E-state index in [1.54, 1.807) is 0 Å². The van der Waals surface area contributed by atoms with Gasteiger partial charge in [-0.25, -0.2) is 0 Å². The number of anilines is 1. The van der Waals surface area contributed by atoms with Crippen LogP contribution in [0.1, 0.15) is 13.3 Å². The molecule has 2 fully saturated rings.